The van der Waals surface area contributed by atoms with Gasteiger partial charge in [-0.1, -0.05) is 33.6 Å². The molecule has 0 radical (unpaired) electrons. The Morgan fingerprint density at radius 3 is 2.43 bits per heavy atom. The van der Waals surface area contributed by atoms with E-state index in [1.54, 1.807) is 6.26 Å². The molecule has 156 valence electrons. The second-order valence-corrected chi connectivity index (χ2v) is 9.44. The topological polar surface area (TPSA) is 65.8 Å². The van der Waals surface area contributed by atoms with Crippen LogP contribution in [-0.2, 0) is 16.1 Å². The highest BCUT2D eigenvalue weighted by molar-refractivity contribution is 5.82. The van der Waals surface area contributed by atoms with Gasteiger partial charge in [-0.25, -0.2) is 0 Å². The molecule has 0 bridgehead atoms. The van der Waals surface area contributed by atoms with Gasteiger partial charge in [0.1, 0.15) is 5.76 Å². The zero-order valence-corrected chi connectivity index (χ0v) is 17.6. The summed E-state index contributed by atoms with van der Waals surface area (Å²) in [5, 5.41) is 3.07. The predicted octanol–water partition coefficient (Wildman–Crippen LogP) is 3.04. The predicted molar refractivity (Wildman–Crippen MR) is 109 cm³/mol. The molecule has 1 aromatic heterocycles. The number of hydrogen-bond donors (Lipinski definition) is 1. The summed E-state index contributed by atoms with van der Waals surface area (Å²) in [6, 6.07) is 3.62. The number of amides is 2. The molecule has 6 nitrogen and oxygen atoms in total. The monoisotopic (exact) mass is 389 g/mol. The second-order valence-electron chi connectivity index (χ2n) is 9.44. The molecule has 28 heavy (non-hydrogen) atoms. The van der Waals surface area contributed by atoms with Crippen LogP contribution in [0.25, 0.3) is 0 Å². The zero-order valence-electron chi connectivity index (χ0n) is 17.6. The highest BCUT2D eigenvalue weighted by atomic mass is 16.3. The van der Waals surface area contributed by atoms with Gasteiger partial charge in [-0.2, -0.15) is 0 Å². The van der Waals surface area contributed by atoms with Gasteiger partial charge in [0.2, 0.25) is 11.8 Å². The molecule has 2 amide bonds. The summed E-state index contributed by atoms with van der Waals surface area (Å²) in [5.41, 5.74) is 0.00629. The summed E-state index contributed by atoms with van der Waals surface area (Å²) in [6.45, 7) is 9.69. The maximum atomic E-state index is 13.1. The number of nitrogens with zero attached hydrogens (tertiary/aromatic N) is 2. The van der Waals surface area contributed by atoms with E-state index in [-0.39, 0.29) is 23.3 Å². The number of rotatable bonds is 6. The molecule has 1 aromatic rings. The molecule has 2 fully saturated rings. The van der Waals surface area contributed by atoms with Gasteiger partial charge in [0, 0.05) is 32.6 Å². The molecule has 3 rings (SSSR count). The fraction of sp³-hybridized carbons (Fsp3) is 0.727. The summed E-state index contributed by atoms with van der Waals surface area (Å²) < 4.78 is 5.34. The van der Waals surface area contributed by atoms with Crippen LogP contribution in [0.4, 0.5) is 0 Å². The summed E-state index contributed by atoms with van der Waals surface area (Å²) >= 11 is 0. The highest BCUT2D eigenvalue weighted by Crippen LogP contribution is 2.31. The third kappa shape index (κ3) is 5.60. The Balaban J connectivity index is 1.58. The Bertz CT molecular complexity index is 636. The molecule has 0 spiro atoms. The van der Waals surface area contributed by atoms with E-state index in [2.05, 4.69) is 31.0 Å². The number of nitrogens with one attached hydrogen (secondary N) is 1. The minimum absolute atomic E-state index is 0.00629. The molecular weight excluding hydrogens is 354 g/mol. The van der Waals surface area contributed by atoms with Crippen LogP contribution < -0.4 is 5.32 Å². The van der Waals surface area contributed by atoms with Gasteiger partial charge < -0.3 is 14.6 Å². The van der Waals surface area contributed by atoms with Crippen molar-refractivity contribution in [3.05, 3.63) is 24.2 Å². The van der Waals surface area contributed by atoms with Crippen molar-refractivity contribution in [3.63, 3.8) is 0 Å². The molecule has 2 heterocycles. The van der Waals surface area contributed by atoms with Crippen molar-refractivity contribution in [1.29, 1.82) is 0 Å². The van der Waals surface area contributed by atoms with E-state index in [1.807, 2.05) is 17.0 Å². The van der Waals surface area contributed by atoms with Crippen LogP contribution in [0.15, 0.2) is 22.8 Å². The Labute approximate surface area is 168 Å². The van der Waals surface area contributed by atoms with Crippen molar-refractivity contribution in [2.75, 3.05) is 26.2 Å². The molecule has 1 unspecified atom stereocenters. The lowest BCUT2D eigenvalue weighted by atomic mass is 9.91. The van der Waals surface area contributed by atoms with E-state index >= 15 is 0 Å². The molecule has 1 atom stereocenters. The SMILES string of the molecule is CC(C)(C)CC(=O)N1CCN(C(C(=O)NCc2ccco2)C2CCCC2)CC1. The Hall–Kier alpha value is -1.82. The fourth-order valence-corrected chi connectivity index (χ4v) is 4.46. The van der Waals surface area contributed by atoms with Crippen LogP contribution in [0.3, 0.4) is 0 Å². The zero-order chi connectivity index (χ0) is 20.1. The Kier molecular flexibility index (Phi) is 6.81. The lowest BCUT2D eigenvalue weighted by Crippen LogP contribution is -2.58. The van der Waals surface area contributed by atoms with Crippen LogP contribution in [0.2, 0.25) is 0 Å². The lowest BCUT2D eigenvalue weighted by molar-refractivity contribution is -0.136. The molecule has 0 aromatic carbocycles. The third-order valence-corrected chi connectivity index (χ3v) is 5.87. The molecule has 1 saturated carbocycles. The average Bonchev–Trinajstić information content (AvgIpc) is 3.33. The van der Waals surface area contributed by atoms with Gasteiger partial charge >= 0.3 is 0 Å². The largest absolute Gasteiger partial charge is 0.467 e. The van der Waals surface area contributed by atoms with E-state index in [9.17, 15) is 9.59 Å². The summed E-state index contributed by atoms with van der Waals surface area (Å²) in [7, 11) is 0. The molecule has 6 heteroatoms. The Morgan fingerprint density at radius 2 is 1.86 bits per heavy atom. The number of piperazine rings is 1. The first-order valence-corrected chi connectivity index (χ1v) is 10.7. The first-order chi connectivity index (χ1) is 13.3. The highest BCUT2D eigenvalue weighted by Gasteiger charge is 2.37. The molecule has 2 aliphatic rings. The van der Waals surface area contributed by atoms with Crippen molar-refractivity contribution < 1.29 is 14.0 Å². The van der Waals surface area contributed by atoms with Crippen molar-refractivity contribution in [2.24, 2.45) is 11.3 Å². The van der Waals surface area contributed by atoms with Crippen molar-refractivity contribution in [1.82, 2.24) is 15.1 Å². The van der Waals surface area contributed by atoms with E-state index < -0.39 is 0 Å². The first kappa shape index (κ1) is 20.9. The number of carbonyl (C=O) groups is 2. The van der Waals surface area contributed by atoms with Crippen LogP contribution >= 0.6 is 0 Å². The van der Waals surface area contributed by atoms with Crippen molar-refractivity contribution in [2.45, 2.75) is 65.5 Å². The summed E-state index contributed by atoms with van der Waals surface area (Å²) in [4.78, 5) is 29.9. The minimum atomic E-state index is -0.0997. The van der Waals surface area contributed by atoms with Crippen LogP contribution in [-0.4, -0.2) is 53.8 Å². The molecule has 1 saturated heterocycles. The van der Waals surface area contributed by atoms with E-state index in [1.165, 1.54) is 12.8 Å². The normalized spacial score (nSPS) is 20.3. The Morgan fingerprint density at radius 1 is 1.18 bits per heavy atom. The van der Waals surface area contributed by atoms with Crippen LogP contribution in [0, 0.1) is 11.3 Å². The van der Waals surface area contributed by atoms with Gasteiger partial charge in [-0.05, 0) is 36.3 Å². The van der Waals surface area contributed by atoms with Gasteiger partial charge in [0.05, 0.1) is 18.8 Å². The van der Waals surface area contributed by atoms with E-state index in [0.717, 1.165) is 31.7 Å². The summed E-state index contributed by atoms with van der Waals surface area (Å²) in [6.07, 6.45) is 6.84. The standard InChI is InChI=1S/C22H35N3O3/c1-22(2,3)15-19(26)24-10-12-25(13-11-24)20(17-7-4-5-8-17)21(27)23-16-18-9-6-14-28-18/h6,9,14,17,20H,4-5,7-8,10-13,15-16H2,1-3H3,(H,23,27). The number of furan rings is 1. The van der Waals surface area contributed by atoms with Crippen LogP contribution in [0.5, 0.6) is 0 Å². The maximum Gasteiger partial charge on any atom is 0.238 e. The number of hydrogen-bond acceptors (Lipinski definition) is 4. The smallest absolute Gasteiger partial charge is 0.238 e. The van der Waals surface area contributed by atoms with Gasteiger partial charge in [0.25, 0.3) is 0 Å². The van der Waals surface area contributed by atoms with E-state index in [0.29, 0.717) is 32.0 Å². The summed E-state index contributed by atoms with van der Waals surface area (Å²) in [5.74, 6) is 1.51. The second kappa shape index (κ2) is 9.12. The van der Waals surface area contributed by atoms with Gasteiger partial charge in [-0.15, -0.1) is 0 Å². The quantitative estimate of drug-likeness (QED) is 0.812. The third-order valence-electron chi connectivity index (χ3n) is 5.87. The van der Waals surface area contributed by atoms with E-state index in [4.69, 9.17) is 4.42 Å². The minimum Gasteiger partial charge on any atom is -0.467 e. The lowest BCUT2D eigenvalue weighted by Gasteiger charge is -2.41. The van der Waals surface area contributed by atoms with Crippen LogP contribution in [0.1, 0.15) is 58.6 Å². The van der Waals surface area contributed by atoms with Gasteiger partial charge in [0.15, 0.2) is 0 Å². The average molecular weight is 390 g/mol. The molecule has 1 aliphatic carbocycles. The molecule has 1 N–H and O–H groups in total. The van der Waals surface area contributed by atoms with Crippen molar-refractivity contribution in [3.8, 4) is 0 Å². The first-order valence-electron chi connectivity index (χ1n) is 10.7. The van der Waals surface area contributed by atoms with Gasteiger partial charge in [-0.3, -0.25) is 14.5 Å². The molecule has 1 aliphatic heterocycles. The van der Waals surface area contributed by atoms with Crippen molar-refractivity contribution >= 4 is 11.8 Å². The maximum absolute atomic E-state index is 13.1. The molecular formula is C22H35N3O3. The number of carbonyl (C=O) groups excluding carboxylic acids is 2. The fourth-order valence-electron chi connectivity index (χ4n) is 4.46.